The van der Waals surface area contributed by atoms with Crippen LogP contribution in [-0.4, -0.2) is 26.1 Å². The summed E-state index contributed by atoms with van der Waals surface area (Å²) in [6.07, 6.45) is 1.32. The van der Waals surface area contributed by atoms with Gasteiger partial charge in [-0.2, -0.15) is 0 Å². The lowest BCUT2D eigenvalue weighted by atomic mass is 9.98. The molecular weight excluding hydrogens is 360 g/mol. The van der Waals surface area contributed by atoms with Gasteiger partial charge in [-0.25, -0.2) is 0 Å². The minimum absolute atomic E-state index is 0. The molecule has 0 fully saturated rings. The van der Waals surface area contributed by atoms with Crippen molar-refractivity contribution >= 4 is 29.0 Å². The second-order valence-electron chi connectivity index (χ2n) is 6.47. The smallest absolute Gasteiger partial charge is 0.139 e. The zero-order valence-electron chi connectivity index (χ0n) is 15.7. The van der Waals surface area contributed by atoms with Crippen molar-refractivity contribution in [1.82, 2.24) is 0 Å². The molecule has 3 nitrogen and oxygen atoms in total. The fourth-order valence-corrected chi connectivity index (χ4v) is 3.26. The van der Waals surface area contributed by atoms with E-state index in [0.717, 1.165) is 22.3 Å². The van der Waals surface area contributed by atoms with E-state index in [0.29, 0.717) is 19.3 Å². The van der Waals surface area contributed by atoms with Gasteiger partial charge in [-0.15, -0.1) is 12.4 Å². The van der Waals surface area contributed by atoms with Crippen LogP contribution >= 0.6 is 12.4 Å². The molecule has 0 saturated carbocycles. The van der Waals surface area contributed by atoms with Crippen molar-refractivity contribution in [3.8, 4) is 5.75 Å². The molecule has 1 unspecified atom stereocenters. The van der Waals surface area contributed by atoms with Crippen molar-refractivity contribution < 1.29 is 14.3 Å². The maximum atomic E-state index is 12.6. The average Bonchev–Trinajstić information content (AvgIpc) is 2.67. The van der Waals surface area contributed by atoms with Gasteiger partial charge in [0.1, 0.15) is 11.5 Å². The molecular formula is C23H25ClO3. The molecule has 0 aromatic heterocycles. The van der Waals surface area contributed by atoms with E-state index in [2.05, 4.69) is 24.3 Å². The highest BCUT2D eigenvalue weighted by atomic mass is 35.5. The lowest BCUT2D eigenvalue weighted by Gasteiger charge is -2.16. The molecule has 4 heteroatoms. The molecule has 0 amide bonds. The molecule has 0 heterocycles. The molecule has 3 aromatic carbocycles. The zero-order chi connectivity index (χ0) is 18.4. The van der Waals surface area contributed by atoms with Gasteiger partial charge in [0.2, 0.25) is 0 Å². The molecule has 0 radical (unpaired) electrons. The molecule has 0 aliphatic heterocycles. The molecule has 142 valence electrons. The molecule has 0 spiro atoms. The zero-order valence-corrected chi connectivity index (χ0v) is 16.5. The number of Topliss-reactive ketones (excluding diaryl/α,β-unsaturated/α-hetero) is 1. The Morgan fingerprint density at radius 1 is 0.926 bits per heavy atom. The number of rotatable bonds is 8. The largest absolute Gasteiger partial charge is 0.496 e. The van der Waals surface area contributed by atoms with Crippen LogP contribution in [0.2, 0.25) is 0 Å². The SMILES string of the molecule is COc1ccccc1CC(CC(=O)Cc1ccc2ccccc2c1)OC.Cl. The molecule has 0 aliphatic rings. The Labute approximate surface area is 166 Å². The minimum Gasteiger partial charge on any atom is -0.496 e. The summed E-state index contributed by atoms with van der Waals surface area (Å²) in [5.74, 6) is 1.01. The number of fused-ring (bicyclic) bond motifs is 1. The number of methoxy groups -OCH3 is 2. The first-order chi connectivity index (χ1) is 12.7. The van der Waals surface area contributed by atoms with E-state index in [9.17, 15) is 4.79 Å². The van der Waals surface area contributed by atoms with Crippen LogP contribution in [0.3, 0.4) is 0 Å². The normalized spacial score (nSPS) is 11.6. The summed E-state index contributed by atoms with van der Waals surface area (Å²) in [7, 11) is 3.31. The summed E-state index contributed by atoms with van der Waals surface area (Å²) in [4.78, 5) is 12.6. The minimum atomic E-state index is -0.153. The van der Waals surface area contributed by atoms with Gasteiger partial charge in [0.15, 0.2) is 0 Å². The molecule has 3 rings (SSSR count). The van der Waals surface area contributed by atoms with Crippen molar-refractivity contribution in [2.45, 2.75) is 25.4 Å². The van der Waals surface area contributed by atoms with Gasteiger partial charge in [-0.05, 0) is 28.0 Å². The third-order valence-corrected chi connectivity index (χ3v) is 4.64. The lowest BCUT2D eigenvalue weighted by molar-refractivity contribution is -0.120. The quantitative estimate of drug-likeness (QED) is 0.546. The predicted octanol–water partition coefficient (Wildman–Crippen LogP) is 5.03. The Morgan fingerprint density at radius 2 is 1.63 bits per heavy atom. The lowest BCUT2D eigenvalue weighted by Crippen LogP contribution is -2.20. The third kappa shape index (κ3) is 5.56. The number of ether oxygens (including phenoxy) is 2. The highest BCUT2D eigenvalue weighted by molar-refractivity contribution is 5.86. The van der Waals surface area contributed by atoms with Gasteiger partial charge < -0.3 is 9.47 Å². The number of halogens is 1. The summed E-state index contributed by atoms with van der Waals surface area (Å²) in [5.41, 5.74) is 2.10. The Bertz CT molecular complexity index is 891. The Hall–Kier alpha value is -2.36. The number of hydrogen-bond acceptors (Lipinski definition) is 3. The standard InChI is InChI=1S/C23H24O3.ClH/c1-25-22(15-20-9-5-6-10-23(20)26-2)16-21(24)14-17-11-12-18-7-3-4-8-19(18)13-17;/h3-13,22H,14-16H2,1-2H3;1H. The van der Waals surface area contributed by atoms with E-state index in [1.807, 2.05) is 42.5 Å². The van der Waals surface area contributed by atoms with Crippen molar-refractivity contribution in [2.24, 2.45) is 0 Å². The second-order valence-corrected chi connectivity index (χ2v) is 6.47. The summed E-state index contributed by atoms with van der Waals surface area (Å²) in [6, 6.07) is 22.2. The average molecular weight is 385 g/mol. The van der Waals surface area contributed by atoms with Crippen LogP contribution in [0, 0.1) is 0 Å². The second kappa shape index (κ2) is 10.1. The monoisotopic (exact) mass is 384 g/mol. The predicted molar refractivity (Wildman–Crippen MR) is 112 cm³/mol. The Balaban J connectivity index is 0.00000261. The topological polar surface area (TPSA) is 35.5 Å². The van der Waals surface area contributed by atoms with Crippen molar-refractivity contribution in [1.29, 1.82) is 0 Å². The first-order valence-corrected chi connectivity index (χ1v) is 8.83. The molecule has 0 N–H and O–H groups in total. The van der Waals surface area contributed by atoms with Gasteiger partial charge in [0.25, 0.3) is 0 Å². The fourth-order valence-electron chi connectivity index (χ4n) is 3.26. The van der Waals surface area contributed by atoms with Crippen molar-refractivity contribution in [3.63, 3.8) is 0 Å². The highest BCUT2D eigenvalue weighted by Gasteiger charge is 2.16. The van der Waals surface area contributed by atoms with Crippen LogP contribution in [0.15, 0.2) is 66.7 Å². The van der Waals surface area contributed by atoms with Gasteiger partial charge in [0, 0.05) is 26.4 Å². The van der Waals surface area contributed by atoms with Gasteiger partial charge in [0.05, 0.1) is 13.2 Å². The van der Waals surface area contributed by atoms with Gasteiger partial charge in [-0.3, -0.25) is 4.79 Å². The number of carbonyl (C=O) groups is 1. The van der Waals surface area contributed by atoms with Crippen LogP contribution in [0.4, 0.5) is 0 Å². The first-order valence-electron chi connectivity index (χ1n) is 8.83. The van der Waals surface area contributed by atoms with Crippen molar-refractivity contribution in [3.05, 3.63) is 77.9 Å². The molecule has 0 aliphatic carbocycles. The number of hydrogen-bond donors (Lipinski definition) is 0. The molecule has 27 heavy (non-hydrogen) atoms. The summed E-state index contributed by atoms with van der Waals surface area (Å²) in [5, 5.41) is 2.35. The van der Waals surface area contributed by atoms with Crippen LogP contribution in [0.1, 0.15) is 17.5 Å². The van der Waals surface area contributed by atoms with Crippen molar-refractivity contribution in [2.75, 3.05) is 14.2 Å². The summed E-state index contributed by atoms with van der Waals surface area (Å²) in [6.45, 7) is 0. The number of ketones is 1. The van der Waals surface area contributed by atoms with E-state index in [-0.39, 0.29) is 24.3 Å². The molecule has 3 aromatic rings. The van der Waals surface area contributed by atoms with Gasteiger partial charge >= 0.3 is 0 Å². The van der Waals surface area contributed by atoms with Crippen LogP contribution in [-0.2, 0) is 22.4 Å². The summed E-state index contributed by atoms with van der Waals surface area (Å²) < 4.78 is 10.9. The van der Waals surface area contributed by atoms with E-state index in [4.69, 9.17) is 9.47 Å². The molecule has 0 bridgehead atoms. The first kappa shape index (κ1) is 20.9. The van der Waals surface area contributed by atoms with E-state index in [1.54, 1.807) is 14.2 Å². The fraction of sp³-hybridized carbons (Fsp3) is 0.261. The van der Waals surface area contributed by atoms with Gasteiger partial charge in [-0.1, -0.05) is 60.7 Å². The number of benzene rings is 3. The van der Waals surface area contributed by atoms with E-state index >= 15 is 0 Å². The maximum absolute atomic E-state index is 12.6. The van der Waals surface area contributed by atoms with Crippen LogP contribution in [0.5, 0.6) is 5.75 Å². The van der Waals surface area contributed by atoms with Crippen LogP contribution in [0.25, 0.3) is 10.8 Å². The number of carbonyl (C=O) groups excluding carboxylic acids is 1. The number of para-hydroxylation sites is 1. The molecule has 1 atom stereocenters. The maximum Gasteiger partial charge on any atom is 0.139 e. The Kier molecular flexibility index (Phi) is 7.83. The van der Waals surface area contributed by atoms with E-state index < -0.39 is 0 Å². The van der Waals surface area contributed by atoms with E-state index in [1.165, 1.54) is 5.39 Å². The Morgan fingerprint density at radius 3 is 2.37 bits per heavy atom. The molecule has 0 saturated heterocycles. The highest BCUT2D eigenvalue weighted by Crippen LogP contribution is 2.21. The summed E-state index contributed by atoms with van der Waals surface area (Å²) >= 11 is 0. The van der Waals surface area contributed by atoms with Crippen LogP contribution < -0.4 is 4.74 Å². The third-order valence-electron chi connectivity index (χ3n) is 4.64.